The summed E-state index contributed by atoms with van der Waals surface area (Å²) in [6.07, 6.45) is 12.9. The van der Waals surface area contributed by atoms with Crippen molar-refractivity contribution < 1.29 is 10.1 Å². The van der Waals surface area contributed by atoms with Crippen LogP contribution in [-0.4, -0.2) is 6.61 Å². The smallest absolute Gasteiger partial charge is 0.0854 e. The number of hydrogen-bond acceptors (Lipinski definition) is 1. The first-order chi connectivity index (χ1) is 6.91. The third-order valence-electron chi connectivity index (χ3n) is 2.58. The topological polar surface area (TPSA) is 29.1 Å². The third kappa shape index (κ3) is 11.9. The average Bonchev–Trinajstić information content (AvgIpc) is 2.21. The molecule has 0 aliphatic carbocycles. The molecule has 0 saturated heterocycles. The van der Waals surface area contributed by atoms with Crippen LogP contribution in [0.25, 0.3) is 0 Å². The first-order valence-corrected chi connectivity index (χ1v) is 6.16. The molecule has 0 unspecified atom stereocenters. The molecule has 0 aliphatic heterocycles. The monoisotopic (exact) mass is 201 g/mol. The van der Waals surface area contributed by atoms with Gasteiger partial charge in [-0.2, -0.15) is 0 Å². The van der Waals surface area contributed by atoms with Gasteiger partial charge < -0.3 is 0 Å². The predicted octanol–water partition coefficient (Wildman–Crippen LogP) is 4.27. The molecule has 0 aromatic rings. The third-order valence-corrected chi connectivity index (χ3v) is 2.58. The highest BCUT2D eigenvalue weighted by Crippen LogP contribution is 2.10. The van der Waals surface area contributed by atoms with Crippen LogP contribution >= 0.6 is 0 Å². The summed E-state index contributed by atoms with van der Waals surface area (Å²) in [6.45, 7) is 2.63. The quantitative estimate of drug-likeness (QED) is 0.279. The molecule has 0 heterocycles. The molecule has 85 valence electrons. The van der Waals surface area contributed by atoms with Crippen LogP contribution in [0.1, 0.15) is 71.1 Å². The van der Waals surface area contributed by atoms with Gasteiger partial charge in [0.2, 0.25) is 0 Å². The summed E-state index contributed by atoms with van der Waals surface area (Å²) in [5, 5.41) is 9.67. The van der Waals surface area contributed by atoms with Gasteiger partial charge in [-0.3, -0.25) is 0 Å². The summed E-state index contributed by atoms with van der Waals surface area (Å²) >= 11 is 0. The molecule has 0 fully saturated rings. The Kier molecular flexibility index (Phi) is 12.8. The Bertz CT molecular complexity index is 82.3. The lowest BCUT2D eigenvalue weighted by molar-refractivity contribution is -0.303. The molecule has 0 rings (SSSR count). The lowest BCUT2D eigenvalue weighted by Gasteiger charge is -2.00. The molecule has 2 nitrogen and oxygen atoms in total. The largest absolute Gasteiger partial charge is 0.204 e. The molecule has 14 heavy (non-hydrogen) atoms. The van der Waals surface area contributed by atoms with Gasteiger partial charge in [0.25, 0.3) is 0 Å². The molecule has 0 amide bonds. The average molecular weight is 201 g/mol. The Labute approximate surface area is 88.6 Å². The minimum Gasteiger partial charge on any atom is -0.204 e. The normalized spacial score (nSPS) is 10.7. The van der Waals surface area contributed by atoms with Gasteiger partial charge in [0.05, 0.1) is 6.61 Å². The van der Waals surface area contributed by atoms with Gasteiger partial charge >= 0.3 is 0 Å². The number of hydrogen-bond donors (Lipinski definition) is 0. The van der Waals surface area contributed by atoms with Crippen LogP contribution in [-0.2, 0) is 10.1 Å². The van der Waals surface area contributed by atoms with E-state index in [0.29, 0.717) is 6.61 Å². The SMILES string of the molecule is CCCCCCCCCCCCO[O]. The molecule has 0 bridgehead atoms. The highest BCUT2D eigenvalue weighted by Gasteiger charge is 1.92. The van der Waals surface area contributed by atoms with Crippen LogP contribution in [0.2, 0.25) is 0 Å². The van der Waals surface area contributed by atoms with Crippen LogP contribution in [0.5, 0.6) is 0 Å². The Morgan fingerprint density at radius 2 is 1.14 bits per heavy atom. The van der Waals surface area contributed by atoms with E-state index in [4.69, 9.17) is 0 Å². The second kappa shape index (κ2) is 12.9. The minimum absolute atomic E-state index is 0.385. The molecular weight excluding hydrogens is 176 g/mol. The second-order valence-electron chi connectivity index (χ2n) is 4.00. The summed E-state index contributed by atoms with van der Waals surface area (Å²) in [6, 6.07) is 0. The summed E-state index contributed by atoms with van der Waals surface area (Å²) in [4.78, 5) is 3.76. The van der Waals surface area contributed by atoms with Crippen molar-refractivity contribution in [1.29, 1.82) is 0 Å². The van der Waals surface area contributed by atoms with E-state index >= 15 is 0 Å². The van der Waals surface area contributed by atoms with Gasteiger partial charge in [0.15, 0.2) is 0 Å². The van der Waals surface area contributed by atoms with Crippen LogP contribution in [0, 0.1) is 0 Å². The van der Waals surface area contributed by atoms with Gasteiger partial charge in [-0.1, -0.05) is 64.7 Å². The maximum absolute atomic E-state index is 9.67. The van der Waals surface area contributed by atoms with E-state index in [9.17, 15) is 5.26 Å². The molecule has 0 aromatic heterocycles. The highest BCUT2D eigenvalue weighted by molar-refractivity contribution is 4.46. The molecule has 0 spiro atoms. The van der Waals surface area contributed by atoms with Crippen LogP contribution in [0.4, 0.5) is 0 Å². The van der Waals surface area contributed by atoms with Gasteiger partial charge in [-0.25, -0.2) is 4.89 Å². The molecular formula is C12H25O2. The fourth-order valence-electron chi connectivity index (χ4n) is 1.65. The Morgan fingerprint density at radius 3 is 1.57 bits per heavy atom. The number of rotatable bonds is 11. The molecule has 0 N–H and O–H groups in total. The van der Waals surface area contributed by atoms with Crippen molar-refractivity contribution in [1.82, 2.24) is 0 Å². The fraction of sp³-hybridized carbons (Fsp3) is 1.00. The van der Waals surface area contributed by atoms with Crippen LogP contribution in [0.15, 0.2) is 0 Å². The Hall–Kier alpha value is -0.0800. The summed E-state index contributed by atoms with van der Waals surface area (Å²) in [5.41, 5.74) is 0. The molecule has 0 aliphatic rings. The number of unbranched alkanes of at least 4 members (excludes halogenated alkanes) is 9. The zero-order chi connectivity index (χ0) is 10.5. The molecule has 0 aromatic carbocycles. The second-order valence-corrected chi connectivity index (χ2v) is 4.00. The van der Waals surface area contributed by atoms with Gasteiger partial charge in [-0.15, -0.1) is 0 Å². The maximum Gasteiger partial charge on any atom is 0.0854 e. The Morgan fingerprint density at radius 1 is 0.714 bits per heavy atom. The first-order valence-electron chi connectivity index (χ1n) is 6.16. The van der Waals surface area contributed by atoms with Crippen molar-refractivity contribution in [2.24, 2.45) is 0 Å². The van der Waals surface area contributed by atoms with Crippen molar-refractivity contribution >= 4 is 0 Å². The van der Waals surface area contributed by atoms with Crippen molar-refractivity contribution in [2.75, 3.05) is 6.61 Å². The van der Waals surface area contributed by atoms with E-state index in [0.717, 1.165) is 12.8 Å². The summed E-state index contributed by atoms with van der Waals surface area (Å²) in [5.74, 6) is 0. The van der Waals surface area contributed by atoms with E-state index < -0.39 is 0 Å². The zero-order valence-electron chi connectivity index (χ0n) is 9.59. The van der Waals surface area contributed by atoms with Crippen molar-refractivity contribution in [2.45, 2.75) is 71.1 Å². The molecule has 1 radical (unpaired) electrons. The van der Waals surface area contributed by atoms with E-state index in [1.54, 1.807) is 0 Å². The van der Waals surface area contributed by atoms with E-state index in [2.05, 4.69) is 11.8 Å². The fourth-order valence-corrected chi connectivity index (χ4v) is 1.65. The summed E-state index contributed by atoms with van der Waals surface area (Å²) < 4.78 is 0. The predicted molar refractivity (Wildman–Crippen MR) is 58.5 cm³/mol. The maximum atomic E-state index is 9.67. The lowest BCUT2D eigenvalue weighted by Crippen LogP contribution is -1.87. The zero-order valence-corrected chi connectivity index (χ0v) is 9.59. The molecule has 0 atom stereocenters. The van der Waals surface area contributed by atoms with E-state index in [-0.39, 0.29) is 0 Å². The highest BCUT2D eigenvalue weighted by atomic mass is 17.1. The lowest BCUT2D eigenvalue weighted by atomic mass is 10.1. The molecule has 2 heteroatoms. The van der Waals surface area contributed by atoms with Crippen LogP contribution in [0.3, 0.4) is 0 Å². The Balaban J connectivity index is 2.78. The van der Waals surface area contributed by atoms with Crippen molar-refractivity contribution in [3.8, 4) is 0 Å². The summed E-state index contributed by atoms with van der Waals surface area (Å²) in [7, 11) is 0. The van der Waals surface area contributed by atoms with E-state index in [1.165, 1.54) is 51.4 Å². The van der Waals surface area contributed by atoms with E-state index in [1.807, 2.05) is 0 Å². The molecule has 0 saturated carbocycles. The standard InChI is InChI=1S/C12H25O2/c1-2-3-4-5-6-7-8-9-10-11-12-14-13/h2-12H2,1H3. The van der Waals surface area contributed by atoms with Crippen LogP contribution < -0.4 is 0 Å². The minimum atomic E-state index is 0.385. The van der Waals surface area contributed by atoms with Crippen molar-refractivity contribution in [3.05, 3.63) is 0 Å². The first kappa shape index (κ1) is 13.9. The van der Waals surface area contributed by atoms with Crippen molar-refractivity contribution in [3.63, 3.8) is 0 Å². The van der Waals surface area contributed by atoms with Gasteiger partial charge in [0.1, 0.15) is 0 Å². The van der Waals surface area contributed by atoms with Gasteiger partial charge in [-0.05, 0) is 11.7 Å². The van der Waals surface area contributed by atoms with Gasteiger partial charge in [0, 0.05) is 0 Å².